The van der Waals surface area contributed by atoms with Gasteiger partial charge < -0.3 is 77.5 Å². The molecular weight excluding hydrogens is 1490 g/mol. The minimum Gasteiger partial charge on any atom is -0.449 e. The Morgan fingerprint density at radius 2 is 0.741 bits per heavy atom. The molecular formula is C75H76F9N15O13. The average Bonchev–Trinajstić information content (AvgIpc) is 1.65. The summed E-state index contributed by atoms with van der Waals surface area (Å²) in [5, 5.41) is 7.20. The molecule has 28 nitrogen and oxygen atoms in total. The molecule has 0 radical (unpaired) electrons. The van der Waals surface area contributed by atoms with Crippen LogP contribution in [0.25, 0.3) is 34.4 Å². The van der Waals surface area contributed by atoms with E-state index in [0.717, 1.165) is 25.7 Å². The molecule has 3 aromatic carbocycles. The molecule has 112 heavy (non-hydrogen) atoms. The zero-order valence-corrected chi connectivity index (χ0v) is 60.5. The Balaban J connectivity index is 0.000000166. The van der Waals surface area contributed by atoms with Crippen LogP contribution in [0.4, 0.5) is 88.4 Å². The minimum atomic E-state index is -4.91. The number of pyridine rings is 3. The number of benzene rings is 3. The van der Waals surface area contributed by atoms with Crippen LogP contribution in [-0.4, -0.2) is 192 Å². The van der Waals surface area contributed by atoms with Gasteiger partial charge in [-0.15, -0.1) is 0 Å². The molecule has 1 aliphatic carbocycles. The van der Waals surface area contributed by atoms with E-state index in [4.69, 9.17) is 32.2 Å². The van der Waals surface area contributed by atoms with E-state index in [2.05, 4.69) is 45.9 Å². The maximum atomic E-state index is 13.6. The topological polar surface area (TPSA) is 312 Å². The first-order valence-corrected chi connectivity index (χ1v) is 35.4. The van der Waals surface area contributed by atoms with Gasteiger partial charge in [0.1, 0.15) is 30.2 Å². The van der Waals surface area contributed by atoms with E-state index < -0.39 is 76.7 Å². The summed E-state index contributed by atoms with van der Waals surface area (Å²) in [6.45, 7) is 10.7. The average molecular weight is 1570 g/mol. The largest absolute Gasteiger partial charge is 0.452 e. The molecule has 6 aromatic heterocycles. The van der Waals surface area contributed by atoms with Gasteiger partial charge in [0.25, 0.3) is 17.7 Å². The molecule has 3 N–H and O–H groups in total. The van der Waals surface area contributed by atoms with Crippen LogP contribution in [0.1, 0.15) is 88.3 Å². The van der Waals surface area contributed by atoms with E-state index in [1.54, 1.807) is 93.6 Å². The SMILES string of the molecule is CC(C)COC(=O)N1CCN(c2ccc(NC(=O)c3nc(-c4ccccc4)oc3C(F)(F)F)cn2)CC1.COCCOC(=O)N1CCN(c2ccc(NC(=O)c3nc(-c4ccccc4)oc3C(F)(F)F)cn2)CC1.O=C(Nc1ccc(N2CCN(C(=O)OC3CCCC3)CC2)nc1)c1nc(-c2ccccc2)oc1C(F)(F)F. The lowest BCUT2D eigenvalue weighted by atomic mass is 10.2. The molecule has 4 aliphatic rings. The van der Waals surface area contributed by atoms with Gasteiger partial charge in [0.05, 0.1) is 48.9 Å². The van der Waals surface area contributed by atoms with Crippen LogP contribution in [0.15, 0.2) is 159 Å². The van der Waals surface area contributed by atoms with E-state index in [-0.39, 0.29) is 65.5 Å². The van der Waals surface area contributed by atoms with Gasteiger partial charge in [0.15, 0.2) is 17.1 Å². The van der Waals surface area contributed by atoms with Crippen LogP contribution < -0.4 is 30.7 Å². The number of aromatic nitrogens is 6. The highest BCUT2D eigenvalue weighted by Crippen LogP contribution is 2.39. The van der Waals surface area contributed by atoms with Crippen molar-refractivity contribution in [1.82, 2.24) is 44.6 Å². The van der Waals surface area contributed by atoms with Crippen molar-refractivity contribution in [2.75, 3.05) is 136 Å². The molecule has 3 saturated heterocycles. The van der Waals surface area contributed by atoms with Crippen molar-refractivity contribution in [3.8, 4) is 34.4 Å². The lowest BCUT2D eigenvalue weighted by Gasteiger charge is -2.35. The van der Waals surface area contributed by atoms with Gasteiger partial charge in [-0.2, -0.15) is 39.5 Å². The first-order valence-electron chi connectivity index (χ1n) is 35.4. The molecule has 37 heteroatoms. The first-order chi connectivity index (χ1) is 53.6. The smallest absolute Gasteiger partial charge is 0.449 e. The van der Waals surface area contributed by atoms with E-state index in [1.807, 2.05) is 28.5 Å². The number of hydrogen-bond donors (Lipinski definition) is 3. The lowest BCUT2D eigenvalue weighted by Crippen LogP contribution is -2.49. The molecule has 9 heterocycles. The molecule has 0 bridgehead atoms. The lowest BCUT2D eigenvalue weighted by molar-refractivity contribution is -0.153. The van der Waals surface area contributed by atoms with Crippen LogP contribution in [0.5, 0.6) is 0 Å². The van der Waals surface area contributed by atoms with Crippen LogP contribution in [0, 0.1) is 5.92 Å². The third-order valence-corrected chi connectivity index (χ3v) is 17.6. The molecule has 592 valence electrons. The van der Waals surface area contributed by atoms with E-state index in [1.165, 1.54) is 74.2 Å². The summed E-state index contributed by atoms with van der Waals surface area (Å²) < 4.78 is 157. The Morgan fingerprint density at radius 1 is 0.429 bits per heavy atom. The van der Waals surface area contributed by atoms with E-state index in [9.17, 15) is 68.3 Å². The molecule has 6 amide bonds. The van der Waals surface area contributed by atoms with Crippen LogP contribution >= 0.6 is 0 Å². The second-order valence-electron chi connectivity index (χ2n) is 26.0. The molecule has 0 atom stereocenters. The highest BCUT2D eigenvalue weighted by Gasteiger charge is 2.45. The summed E-state index contributed by atoms with van der Waals surface area (Å²) in [6.07, 6.45) is -7.69. The maximum Gasteiger partial charge on any atom is 0.452 e. The Morgan fingerprint density at radius 3 is 1.03 bits per heavy atom. The molecule has 13 rings (SSSR count). The zero-order chi connectivity index (χ0) is 79.7. The second-order valence-corrected chi connectivity index (χ2v) is 26.0. The Hall–Kier alpha value is -12.3. The maximum absolute atomic E-state index is 13.6. The molecule has 0 spiro atoms. The Bertz CT molecular complexity index is 4620. The van der Waals surface area contributed by atoms with Crippen LogP contribution in [-0.2, 0) is 37.5 Å². The summed E-state index contributed by atoms with van der Waals surface area (Å²) in [7, 11) is 1.52. The first kappa shape index (κ1) is 80.7. The van der Waals surface area contributed by atoms with Gasteiger partial charge in [0.2, 0.25) is 35.0 Å². The quantitative estimate of drug-likeness (QED) is 0.0408. The normalized spacial score (nSPS) is 14.9. The Labute approximate surface area is 634 Å². The molecule has 4 fully saturated rings. The summed E-state index contributed by atoms with van der Waals surface area (Å²) in [5.41, 5.74) is -1.08. The summed E-state index contributed by atoms with van der Waals surface area (Å²) in [4.78, 5) is 110. The summed E-state index contributed by atoms with van der Waals surface area (Å²) in [5.74, 6) is -6.48. The number of nitrogens with zero attached hydrogens (tertiary/aromatic N) is 12. The van der Waals surface area contributed by atoms with Gasteiger partial charge in [0, 0.05) is 102 Å². The number of halogens is 9. The number of nitrogens with one attached hydrogen (secondary N) is 3. The standard InChI is InChI=1S/C26H26F3N5O4.C25H26F3N5O4.C24H24F3N5O5/c27-26(28,29)22-21(32-24(38-22)17-6-2-1-3-7-17)23(35)31-18-10-11-20(30-16-18)33-12-14-34(15-13-33)25(36)37-19-8-4-5-9-19;1-16(2)15-36-24(35)33-12-10-32(11-13-33)19-9-8-18(14-29-19)30-22(34)20-21(25(26,27)28)37-23(31-20)17-6-4-3-5-7-17;1-35-13-14-36-23(34)32-11-9-31(10-12-32)18-8-7-17(15-28-18)29-21(33)19-20(24(25,26)27)37-22(30-19)16-5-3-2-4-6-16/h1-3,6-7,10-11,16,19H,4-5,8-9,12-15H2,(H,31,35);3-9,14,16H,10-13,15H2,1-2H3,(H,30,34);2-8,15H,9-14H2,1H3,(H,29,33). The number of methoxy groups -OCH3 is 1. The molecule has 3 aliphatic heterocycles. The highest BCUT2D eigenvalue weighted by molar-refractivity contribution is 6.05. The van der Waals surface area contributed by atoms with Crippen molar-refractivity contribution in [2.24, 2.45) is 5.92 Å². The van der Waals surface area contributed by atoms with Gasteiger partial charge in [-0.25, -0.2) is 44.3 Å². The third kappa shape index (κ3) is 21.4. The number of piperazine rings is 3. The van der Waals surface area contributed by atoms with Crippen molar-refractivity contribution in [2.45, 2.75) is 64.2 Å². The highest BCUT2D eigenvalue weighted by atomic mass is 19.4. The van der Waals surface area contributed by atoms with Crippen molar-refractivity contribution in [3.05, 3.63) is 180 Å². The van der Waals surface area contributed by atoms with Gasteiger partial charge >= 0.3 is 36.8 Å². The summed E-state index contributed by atoms with van der Waals surface area (Å²) in [6, 6.07) is 33.6. The van der Waals surface area contributed by atoms with E-state index >= 15 is 0 Å². The van der Waals surface area contributed by atoms with E-state index in [0.29, 0.717) is 126 Å². The number of anilines is 6. The monoisotopic (exact) mass is 1570 g/mol. The Kier molecular flexibility index (Phi) is 26.3. The fraction of sp³-hybridized carbons (Fsp3) is 0.360. The number of ether oxygens (including phenoxy) is 4. The number of carbonyl (C=O) groups excluding carboxylic acids is 6. The number of rotatable bonds is 18. The number of oxazole rings is 3. The second kappa shape index (κ2) is 36.5. The van der Waals surface area contributed by atoms with Crippen molar-refractivity contribution < 1.29 is 100 Å². The van der Waals surface area contributed by atoms with Gasteiger partial charge in [-0.1, -0.05) is 68.4 Å². The van der Waals surface area contributed by atoms with Crippen LogP contribution in [0.3, 0.4) is 0 Å². The fourth-order valence-corrected chi connectivity index (χ4v) is 11.8. The molecule has 0 unspecified atom stereocenters. The van der Waals surface area contributed by atoms with Crippen molar-refractivity contribution in [1.29, 1.82) is 0 Å². The van der Waals surface area contributed by atoms with Gasteiger partial charge in [-0.3, -0.25) is 14.4 Å². The number of carbonyl (C=O) groups is 6. The predicted octanol–water partition coefficient (Wildman–Crippen LogP) is 14.0. The number of alkyl halides is 9. The third-order valence-electron chi connectivity index (χ3n) is 17.6. The van der Waals surface area contributed by atoms with Gasteiger partial charge in [-0.05, 0) is 104 Å². The number of hydrogen-bond acceptors (Lipinski definition) is 22. The van der Waals surface area contributed by atoms with Crippen molar-refractivity contribution >= 4 is 70.5 Å². The predicted molar refractivity (Wildman–Crippen MR) is 387 cm³/mol. The molecule has 1 saturated carbocycles. The van der Waals surface area contributed by atoms with Crippen LogP contribution in [0.2, 0.25) is 0 Å². The number of amides is 6. The fourth-order valence-electron chi connectivity index (χ4n) is 11.8. The minimum absolute atomic E-state index is 0.0133. The summed E-state index contributed by atoms with van der Waals surface area (Å²) >= 11 is 0. The zero-order valence-electron chi connectivity index (χ0n) is 60.5. The van der Waals surface area contributed by atoms with Crippen molar-refractivity contribution in [3.63, 3.8) is 0 Å². The molecule has 9 aromatic rings.